The summed E-state index contributed by atoms with van der Waals surface area (Å²) in [7, 11) is 0. The Bertz CT molecular complexity index is 3090. The topological polar surface area (TPSA) is 183 Å². The summed E-state index contributed by atoms with van der Waals surface area (Å²) in [5.74, 6) is -3.63. The average Bonchev–Trinajstić information content (AvgIpc) is 3.82. The normalized spacial score (nSPS) is 16.4. The first kappa shape index (κ1) is 36.7. The summed E-state index contributed by atoms with van der Waals surface area (Å²) in [6, 6.07) is 12.0. The Balaban J connectivity index is 1.49. The van der Waals surface area contributed by atoms with Gasteiger partial charge in [-0.2, -0.15) is 10.5 Å². The second-order valence-corrected chi connectivity index (χ2v) is 12.2. The van der Waals surface area contributed by atoms with E-state index >= 15 is 0 Å². The van der Waals surface area contributed by atoms with Crippen LogP contribution in [0.15, 0.2) is 83.8 Å². The Labute approximate surface area is 309 Å². The molecule has 4 heterocycles. The number of aromatic nitrogens is 3. The van der Waals surface area contributed by atoms with Gasteiger partial charge in [-0.05, 0) is 74.2 Å². The third-order valence-corrected chi connectivity index (χ3v) is 7.96. The molecule has 1 aromatic heterocycles. The number of ether oxygens (including phenoxy) is 2. The van der Waals surface area contributed by atoms with Crippen molar-refractivity contribution in [3.8, 4) is 23.6 Å². The van der Waals surface area contributed by atoms with Crippen LogP contribution in [0.1, 0.15) is 39.7 Å². The monoisotopic (exact) mass is 764 g/mol. The lowest BCUT2D eigenvalue weighted by Gasteiger charge is -2.08. The van der Waals surface area contributed by atoms with E-state index in [1.807, 2.05) is 25.1 Å². The SMILES string of the molecule is [C-]#[N+]/C(=C1\N=c2cc(C)cc(OC(F)(F)F)c2=N1)c1nc(/C(C#N)=C2/N=c3cc(C)cc(C)c3=N2)nc(/C(C#N)=C2/N=c3cc(OC(F)(F)F)cc(C)c3=N2)n1. The number of hydrogen-bond donors (Lipinski definition) is 0. The van der Waals surface area contributed by atoms with Gasteiger partial charge in [-0.1, -0.05) is 6.07 Å². The molecule has 0 amide bonds. The molecule has 7 rings (SSSR count). The number of allylic oxidation sites excluding steroid dienone is 2. The molecule has 0 aliphatic carbocycles. The predicted octanol–water partition coefficient (Wildman–Crippen LogP) is 3.69. The van der Waals surface area contributed by atoms with E-state index in [0.717, 1.165) is 29.3 Å². The summed E-state index contributed by atoms with van der Waals surface area (Å²) in [5.41, 5.74) is 0.846. The van der Waals surface area contributed by atoms with Crippen molar-refractivity contribution in [2.24, 2.45) is 30.0 Å². The Hall–Kier alpha value is -7.66. The lowest BCUT2D eigenvalue weighted by Crippen LogP contribution is -2.29. The maximum atomic E-state index is 13.3. The average molecular weight is 765 g/mol. The van der Waals surface area contributed by atoms with Crippen molar-refractivity contribution in [2.75, 3.05) is 0 Å². The molecule has 20 heteroatoms. The molecule has 0 unspecified atom stereocenters. The van der Waals surface area contributed by atoms with Crippen LogP contribution in [-0.4, -0.2) is 27.7 Å². The van der Waals surface area contributed by atoms with Gasteiger partial charge in [0, 0.05) is 6.07 Å². The fourth-order valence-electron chi connectivity index (χ4n) is 5.82. The van der Waals surface area contributed by atoms with Gasteiger partial charge in [-0.3, -0.25) is 0 Å². The second-order valence-electron chi connectivity index (χ2n) is 12.2. The Morgan fingerprint density at radius 2 is 1.05 bits per heavy atom. The smallest absolute Gasteiger partial charge is 0.406 e. The van der Waals surface area contributed by atoms with Crippen LogP contribution in [0.5, 0.6) is 11.5 Å². The van der Waals surface area contributed by atoms with Crippen LogP contribution in [-0.2, 0) is 0 Å². The van der Waals surface area contributed by atoms with Gasteiger partial charge < -0.3 is 9.47 Å². The van der Waals surface area contributed by atoms with Crippen LogP contribution in [0.25, 0.3) is 21.7 Å². The fourth-order valence-corrected chi connectivity index (χ4v) is 5.82. The van der Waals surface area contributed by atoms with Crippen molar-refractivity contribution in [2.45, 2.75) is 40.4 Å². The number of aryl methyl sites for hydroxylation is 4. The van der Waals surface area contributed by atoms with Gasteiger partial charge in [-0.25, -0.2) is 49.8 Å². The van der Waals surface area contributed by atoms with Gasteiger partial charge in [0.2, 0.25) is 0 Å². The Morgan fingerprint density at radius 1 is 0.589 bits per heavy atom. The number of alkyl halides is 6. The quantitative estimate of drug-likeness (QED) is 0.169. The van der Waals surface area contributed by atoms with Crippen molar-refractivity contribution in [3.05, 3.63) is 137 Å². The van der Waals surface area contributed by atoms with E-state index in [2.05, 4.69) is 59.2 Å². The Morgan fingerprint density at radius 3 is 1.59 bits per heavy atom. The number of rotatable bonds is 5. The highest BCUT2D eigenvalue weighted by Crippen LogP contribution is 2.28. The van der Waals surface area contributed by atoms with Gasteiger partial charge in [0.25, 0.3) is 5.70 Å². The molecule has 0 atom stereocenters. The molecule has 0 saturated heterocycles. The standard InChI is InChI=1S/C36H18F6N12O2/c1-14-6-16(3)25-21(7-14)46-29(49-25)19(12-43)31-52-32(20(13-44)30-47-23-11-18(55-35(37,38)39)10-17(4)26(23)50-30)54-34(53-31)28(45-5)33-48-22-8-15(2)9-24(27(22)51-33)56-36(40,41)42/h6-11H,1-4H3/b29-19-,30-20-,33-28+. The van der Waals surface area contributed by atoms with Crippen molar-refractivity contribution in [1.29, 1.82) is 10.5 Å². The third kappa shape index (κ3) is 7.04. The van der Waals surface area contributed by atoms with Gasteiger partial charge in [0.1, 0.15) is 34.4 Å². The second kappa shape index (κ2) is 13.3. The zero-order chi connectivity index (χ0) is 40.3. The first-order chi connectivity index (χ1) is 26.4. The molecule has 56 heavy (non-hydrogen) atoms. The lowest BCUT2D eigenvalue weighted by molar-refractivity contribution is -0.276. The van der Waals surface area contributed by atoms with Crippen molar-refractivity contribution in [3.63, 3.8) is 0 Å². The number of nitrogens with zero attached hydrogens (tertiary/aromatic N) is 12. The molecule has 4 aromatic rings. The molecule has 0 radical (unpaired) electrons. The highest BCUT2D eigenvalue weighted by Gasteiger charge is 2.33. The molecular weight excluding hydrogens is 746 g/mol. The summed E-state index contributed by atoms with van der Waals surface area (Å²) in [6.45, 7) is 14.6. The molecule has 0 saturated carbocycles. The van der Waals surface area contributed by atoms with Gasteiger partial charge in [0.15, 0.2) is 40.7 Å². The fraction of sp³-hybridized carbons (Fsp3) is 0.167. The van der Waals surface area contributed by atoms with Crippen LogP contribution >= 0.6 is 0 Å². The van der Waals surface area contributed by atoms with Crippen LogP contribution < -0.4 is 41.6 Å². The van der Waals surface area contributed by atoms with Gasteiger partial charge in [-0.15, -0.1) is 26.3 Å². The summed E-state index contributed by atoms with van der Waals surface area (Å²) in [5, 5.41) is 21.4. The van der Waals surface area contributed by atoms with E-state index in [-0.39, 0.29) is 44.2 Å². The first-order valence-electron chi connectivity index (χ1n) is 15.8. The highest BCUT2D eigenvalue weighted by atomic mass is 19.4. The van der Waals surface area contributed by atoms with Crippen molar-refractivity contribution >= 4 is 16.8 Å². The molecule has 0 spiro atoms. The minimum Gasteiger partial charge on any atom is -0.406 e. The molecule has 3 aliphatic heterocycles. The molecule has 0 bridgehead atoms. The molecule has 276 valence electrons. The van der Waals surface area contributed by atoms with Gasteiger partial charge >= 0.3 is 12.7 Å². The maximum Gasteiger partial charge on any atom is 0.573 e. The molecule has 3 aromatic carbocycles. The summed E-state index contributed by atoms with van der Waals surface area (Å²) in [6.07, 6.45) is -10.1. The number of benzene rings is 3. The molecule has 3 aliphatic rings. The molecule has 0 N–H and O–H groups in total. The number of hydrogen-bond acceptors (Lipinski definition) is 13. The maximum absolute atomic E-state index is 13.3. The number of nitriles is 2. The van der Waals surface area contributed by atoms with Crippen molar-refractivity contribution in [1.82, 2.24) is 15.0 Å². The number of fused-ring (bicyclic) bond motifs is 3. The van der Waals surface area contributed by atoms with E-state index in [4.69, 9.17) is 6.57 Å². The van der Waals surface area contributed by atoms with E-state index in [9.17, 15) is 36.9 Å². The molecule has 0 fully saturated rings. The minimum atomic E-state index is -5.08. The number of halogens is 6. The summed E-state index contributed by atoms with van der Waals surface area (Å²) in [4.78, 5) is 42.3. The Kier molecular flexibility index (Phi) is 8.73. The molecule has 14 nitrogen and oxygen atoms in total. The largest absolute Gasteiger partial charge is 0.573 e. The molecular formula is C36H18F6N12O2. The van der Waals surface area contributed by atoms with Crippen molar-refractivity contribution < 1.29 is 35.8 Å². The minimum absolute atomic E-state index is 0.0629. The van der Waals surface area contributed by atoms with Crippen LogP contribution in [0, 0.1) is 56.9 Å². The van der Waals surface area contributed by atoms with Gasteiger partial charge in [0.05, 0.1) is 33.4 Å². The van der Waals surface area contributed by atoms with Crippen LogP contribution in [0.3, 0.4) is 0 Å². The zero-order valence-electron chi connectivity index (χ0n) is 28.9. The summed E-state index contributed by atoms with van der Waals surface area (Å²) < 4.78 is 87.1. The predicted molar refractivity (Wildman–Crippen MR) is 177 cm³/mol. The van der Waals surface area contributed by atoms with E-state index < -0.39 is 58.8 Å². The first-order valence-corrected chi connectivity index (χ1v) is 15.8. The third-order valence-electron chi connectivity index (χ3n) is 7.96. The zero-order valence-corrected chi connectivity index (χ0v) is 28.9. The summed E-state index contributed by atoms with van der Waals surface area (Å²) >= 11 is 0. The van der Waals surface area contributed by atoms with Crippen LogP contribution in [0.2, 0.25) is 0 Å². The van der Waals surface area contributed by atoms with E-state index in [1.165, 1.54) is 19.9 Å². The van der Waals surface area contributed by atoms with E-state index in [0.29, 0.717) is 16.3 Å². The highest BCUT2D eigenvalue weighted by molar-refractivity contribution is 5.81. The lowest BCUT2D eigenvalue weighted by atomic mass is 10.1. The van der Waals surface area contributed by atoms with Crippen LogP contribution in [0.4, 0.5) is 26.3 Å². The van der Waals surface area contributed by atoms with E-state index in [1.54, 1.807) is 13.0 Å².